The molecule has 0 saturated heterocycles. The molecule has 3 amide bonds. The fourth-order valence-corrected chi connectivity index (χ4v) is 3.54. The Hall–Kier alpha value is -3.35. The summed E-state index contributed by atoms with van der Waals surface area (Å²) in [6.07, 6.45) is 2.76. The molecule has 0 fully saturated rings. The normalized spacial score (nSPS) is 13.2. The molecule has 7 heteroatoms. The molecular weight excluding hydrogens is 354 g/mol. The smallest absolute Gasteiger partial charge is 0.317 e. The van der Waals surface area contributed by atoms with Crippen LogP contribution in [0.1, 0.15) is 23.4 Å². The van der Waals surface area contributed by atoms with Crippen LogP contribution in [0.25, 0.3) is 10.9 Å². The van der Waals surface area contributed by atoms with Gasteiger partial charge in [-0.1, -0.05) is 24.3 Å². The van der Waals surface area contributed by atoms with Gasteiger partial charge in [0.1, 0.15) is 0 Å². The average molecular weight is 377 g/mol. The second-order valence-electron chi connectivity index (χ2n) is 6.88. The molecule has 2 aromatic heterocycles. The predicted molar refractivity (Wildman–Crippen MR) is 107 cm³/mol. The van der Waals surface area contributed by atoms with Crippen LogP contribution in [0.3, 0.4) is 0 Å². The topological polar surface area (TPSA) is 90.1 Å². The Bertz CT molecular complexity index is 983. The minimum Gasteiger partial charge on any atom is -0.357 e. The van der Waals surface area contributed by atoms with Crippen molar-refractivity contribution >= 4 is 22.8 Å². The predicted octanol–water partition coefficient (Wildman–Crippen LogP) is 2.34. The lowest BCUT2D eigenvalue weighted by Crippen LogP contribution is -2.43. The van der Waals surface area contributed by atoms with E-state index in [9.17, 15) is 9.59 Å². The Labute approximate surface area is 163 Å². The Kier molecular flexibility index (Phi) is 5.23. The summed E-state index contributed by atoms with van der Waals surface area (Å²) < 4.78 is 0. The molecule has 1 aliphatic rings. The molecule has 0 bridgehead atoms. The standard InChI is InChI=1S/C21H23N5O2/c27-20(24-13-15-5-3-4-10-22-15)8-11-23-21(28)26-12-9-17-16-6-1-2-7-18(16)25-19(17)14-26/h1-7,10,25H,8-9,11-14H2,(H,23,28)(H,24,27). The summed E-state index contributed by atoms with van der Waals surface area (Å²) >= 11 is 0. The summed E-state index contributed by atoms with van der Waals surface area (Å²) in [5.74, 6) is -0.109. The number of nitrogens with one attached hydrogen (secondary N) is 3. The van der Waals surface area contributed by atoms with E-state index in [1.165, 1.54) is 10.9 Å². The summed E-state index contributed by atoms with van der Waals surface area (Å²) in [6.45, 7) is 1.93. The number of para-hydroxylation sites is 1. The van der Waals surface area contributed by atoms with Crippen molar-refractivity contribution in [1.29, 1.82) is 0 Å². The van der Waals surface area contributed by atoms with Crippen molar-refractivity contribution in [2.75, 3.05) is 13.1 Å². The van der Waals surface area contributed by atoms with E-state index in [0.717, 1.165) is 23.3 Å². The van der Waals surface area contributed by atoms with Crippen LogP contribution in [0.15, 0.2) is 48.7 Å². The van der Waals surface area contributed by atoms with Crippen LogP contribution < -0.4 is 10.6 Å². The molecule has 1 aromatic carbocycles. The largest absolute Gasteiger partial charge is 0.357 e. The Morgan fingerprint density at radius 3 is 2.82 bits per heavy atom. The van der Waals surface area contributed by atoms with Crippen molar-refractivity contribution in [3.8, 4) is 0 Å². The van der Waals surface area contributed by atoms with E-state index in [1.54, 1.807) is 11.1 Å². The van der Waals surface area contributed by atoms with Crippen molar-refractivity contribution in [3.05, 3.63) is 65.6 Å². The molecule has 0 radical (unpaired) electrons. The van der Waals surface area contributed by atoms with Crippen LogP contribution in [-0.4, -0.2) is 39.9 Å². The number of fused-ring (bicyclic) bond motifs is 3. The third kappa shape index (κ3) is 3.98. The van der Waals surface area contributed by atoms with Crippen LogP contribution in [0, 0.1) is 0 Å². The van der Waals surface area contributed by atoms with Gasteiger partial charge in [0.15, 0.2) is 0 Å². The Balaban J connectivity index is 1.24. The number of H-pyrrole nitrogens is 1. The van der Waals surface area contributed by atoms with Gasteiger partial charge in [0, 0.05) is 42.3 Å². The molecule has 28 heavy (non-hydrogen) atoms. The average Bonchev–Trinajstić information content (AvgIpc) is 3.10. The quantitative estimate of drug-likeness (QED) is 0.637. The number of urea groups is 1. The van der Waals surface area contributed by atoms with Crippen LogP contribution in [0.4, 0.5) is 4.79 Å². The van der Waals surface area contributed by atoms with E-state index in [2.05, 4.69) is 32.7 Å². The van der Waals surface area contributed by atoms with E-state index in [0.29, 0.717) is 26.2 Å². The number of carbonyl (C=O) groups excluding carboxylic acids is 2. The maximum atomic E-state index is 12.4. The number of amides is 3. The zero-order valence-electron chi connectivity index (χ0n) is 15.6. The van der Waals surface area contributed by atoms with Gasteiger partial charge in [-0.15, -0.1) is 0 Å². The summed E-state index contributed by atoms with van der Waals surface area (Å²) in [6, 6.07) is 13.7. The second kappa shape index (κ2) is 8.12. The number of pyridine rings is 1. The summed E-state index contributed by atoms with van der Waals surface area (Å²) in [7, 11) is 0. The van der Waals surface area contributed by atoms with Crippen molar-refractivity contribution in [2.45, 2.75) is 25.9 Å². The molecule has 3 N–H and O–H groups in total. The molecule has 0 unspecified atom stereocenters. The summed E-state index contributed by atoms with van der Waals surface area (Å²) in [4.78, 5) is 33.7. The maximum Gasteiger partial charge on any atom is 0.317 e. The van der Waals surface area contributed by atoms with Crippen LogP contribution in [0.5, 0.6) is 0 Å². The van der Waals surface area contributed by atoms with Crippen molar-refractivity contribution in [2.24, 2.45) is 0 Å². The summed E-state index contributed by atoms with van der Waals surface area (Å²) in [5, 5.41) is 6.89. The minimum absolute atomic E-state index is 0.109. The highest BCUT2D eigenvalue weighted by Gasteiger charge is 2.23. The lowest BCUT2D eigenvalue weighted by atomic mass is 10.0. The molecule has 4 rings (SSSR count). The maximum absolute atomic E-state index is 12.4. The summed E-state index contributed by atoms with van der Waals surface area (Å²) in [5.41, 5.74) is 4.31. The molecule has 0 saturated carbocycles. The first-order valence-electron chi connectivity index (χ1n) is 9.48. The van der Waals surface area contributed by atoms with Crippen molar-refractivity contribution in [3.63, 3.8) is 0 Å². The second-order valence-corrected chi connectivity index (χ2v) is 6.88. The van der Waals surface area contributed by atoms with Gasteiger partial charge in [0.2, 0.25) is 5.91 Å². The highest BCUT2D eigenvalue weighted by molar-refractivity contribution is 5.85. The first-order valence-corrected chi connectivity index (χ1v) is 9.48. The van der Waals surface area contributed by atoms with Gasteiger partial charge in [-0.05, 0) is 30.2 Å². The van der Waals surface area contributed by atoms with E-state index in [1.807, 2.05) is 30.3 Å². The third-order valence-electron chi connectivity index (χ3n) is 4.99. The number of carbonyl (C=O) groups is 2. The molecule has 0 spiro atoms. The Morgan fingerprint density at radius 1 is 1.11 bits per heavy atom. The molecule has 3 heterocycles. The number of hydrogen-bond donors (Lipinski definition) is 3. The molecule has 144 valence electrons. The van der Waals surface area contributed by atoms with Crippen molar-refractivity contribution in [1.82, 2.24) is 25.5 Å². The van der Waals surface area contributed by atoms with Gasteiger partial charge >= 0.3 is 6.03 Å². The van der Waals surface area contributed by atoms with E-state index < -0.39 is 0 Å². The zero-order chi connectivity index (χ0) is 19.3. The SMILES string of the molecule is O=C(CCNC(=O)N1CCc2c([nH]c3ccccc23)C1)NCc1ccccn1. The van der Waals surface area contributed by atoms with Crippen LogP contribution in [0.2, 0.25) is 0 Å². The number of rotatable bonds is 5. The number of aromatic amines is 1. The highest BCUT2D eigenvalue weighted by Crippen LogP contribution is 2.27. The zero-order valence-corrected chi connectivity index (χ0v) is 15.6. The van der Waals surface area contributed by atoms with E-state index in [-0.39, 0.29) is 18.4 Å². The van der Waals surface area contributed by atoms with Crippen LogP contribution in [-0.2, 0) is 24.3 Å². The van der Waals surface area contributed by atoms with E-state index >= 15 is 0 Å². The number of nitrogens with zero attached hydrogens (tertiary/aromatic N) is 2. The molecule has 1 aliphatic heterocycles. The van der Waals surface area contributed by atoms with Gasteiger partial charge in [0.25, 0.3) is 0 Å². The fourth-order valence-electron chi connectivity index (χ4n) is 3.54. The minimum atomic E-state index is -0.137. The monoisotopic (exact) mass is 377 g/mol. The first-order chi connectivity index (χ1) is 13.7. The van der Waals surface area contributed by atoms with Crippen LogP contribution >= 0.6 is 0 Å². The molecule has 3 aromatic rings. The number of hydrogen-bond acceptors (Lipinski definition) is 3. The molecular formula is C21H23N5O2. The van der Waals surface area contributed by atoms with Gasteiger partial charge in [0.05, 0.1) is 18.8 Å². The first kappa shape index (κ1) is 18.0. The van der Waals surface area contributed by atoms with Gasteiger partial charge < -0.3 is 20.5 Å². The Morgan fingerprint density at radius 2 is 1.96 bits per heavy atom. The molecule has 0 aliphatic carbocycles. The van der Waals surface area contributed by atoms with Gasteiger partial charge in [-0.2, -0.15) is 0 Å². The molecule has 0 atom stereocenters. The highest BCUT2D eigenvalue weighted by atomic mass is 16.2. The lowest BCUT2D eigenvalue weighted by Gasteiger charge is -2.27. The number of benzene rings is 1. The van der Waals surface area contributed by atoms with Gasteiger partial charge in [-0.3, -0.25) is 9.78 Å². The fraction of sp³-hybridized carbons (Fsp3) is 0.286. The van der Waals surface area contributed by atoms with Crippen molar-refractivity contribution < 1.29 is 9.59 Å². The molecule has 7 nitrogen and oxygen atoms in total. The third-order valence-corrected chi connectivity index (χ3v) is 4.99. The number of aromatic nitrogens is 2. The van der Waals surface area contributed by atoms with Gasteiger partial charge in [-0.25, -0.2) is 4.79 Å². The lowest BCUT2D eigenvalue weighted by molar-refractivity contribution is -0.121. The van der Waals surface area contributed by atoms with E-state index in [4.69, 9.17) is 0 Å².